The van der Waals surface area contributed by atoms with E-state index in [4.69, 9.17) is 9.47 Å². The second kappa shape index (κ2) is 6.80. The van der Waals surface area contributed by atoms with Gasteiger partial charge in [-0.2, -0.15) is 0 Å². The summed E-state index contributed by atoms with van der Waals surface area (Å²) in [4.78, 5) is 18.1. The molecule has 140 valence electrons. The molecule has 0 amide bonds. The predicted molar refractivity (Wildman–Crippen MR) is 103 cm³/mol. The topological polar surface area (TPSA) is 54.6 Å². The van der Waals surface area contributed by atoms with Crippen LogP contribution in [0.5, 0.6) is 0 Å². The second-order valence-electron chi connectivity index (χ2n) is 7.85. The summed E-state index contributed by atoms with van der Waals surface area (Å²) in [5.74, 6) is 0. The first-order valence-corrected chi connectivity index (χ1v) is 9.49. The predicted octanol–water partition coefficient (Wildman–Crippen LogP) is 2.99. The van der Waals surface area contributed by atoms with Gasteiger partial charge in [0.2, 0.25) is 0 Å². The minimum Gasteiger partial charge on any atom is -0.381 e. The molecule has 1 saturated carbocycles. The number of fused-ring (bicyclic) bond motifs is 2. The zero-order valence-electron chi connectivity index (χ0n) is 15.9. The maximum absolute atomic E-state index is 12.6. The summed E-state index contributed by atoms with van der Waals surface area (Å²) in [6.45, 7) is 3.69. The van der Waals surface area contributed by atoms with Gasteiger partial charge in [0.1, 0.15) is 0 Å². The molecule has 0 spiro atoms. The van der Waals surface area contributed by atoms with Crippen molar-refractivity contribution in [2.24, 2.45) is 0 Å². The molecule has 1 N–H and O–H groups in total. The third kappa shape index (κ3) is 2.98. The van der Waals surface area contributed by atoms with Crippen LogP contribution in [0.1, 0.15) is 36.8 Å². The number of aryl methyl sites for hydroxylation is 1. The molecule has 1 aliphatic heterocycles. The number of benzene rings is 1. The number of aromatic amines is 1. The van der Waals surface area contributed by atoms with Gasteiger partial charge in [-0.05, 0) is 56.2 Å². The molecule has 5 nitrogen and oxygen atoms in total. The maximum atomic E-state index is 12.6. The van der Waals surface area contributed by atoms with E-state index in [0.29, 0.717) is 12.6 Å². The standard InChI is InChI=1S/C21H28N2O3/c1-14-4-5-18-15(10-14)11-16(20(24)22-18)13-23-9-8-21(26-3)7-6-17(25-2)12-19(21)23/h4-5,10-11,17,19H,6-9,12-13H2,1-3H3,(H,22,24)/t17-,19+,21-/m1/s1. The minimum absolute atomic E-state index is 0.00960. The number of rotatable bonds is 4. The van der Waals surface area contributed by atoms with E-state index < -0.39 is 0 Å². The zero-order valence-corrected chi connectivity index (χ0v) is 15.9. The minimum atomic E-state index is -0.0881. The van der Waals surface area contributed by atoms with Crippen LogP contribution in [0.2, 0.25) is 0 Å². The number of methoxy groups -OCH3 is 2. The van der Waals surface area contributed by atoms with Crippen LogP contribution in [-0.2, 0) is 16.0 Å². The summed E-state index contributed by atoms with van der Waals surface area (Å²) in [5.41, 5.74) is 2.85. The molecule has 4 rings (SSSR count). The fourth-order valence-electron chi connectivity index (χ4n) is 4.87. The molecule has 1 aliphatic carbocycles. The molecule has 5 heteroatoms. The van der Waals surface area contributed by atoms with Crippen molar-refractivity contribution < 1.29 is 9.47 Å². The van der Waals surface area contributed by atoms with Crippen LogP contribution in [0.25, 0.3) is 10.9 Å². The van der Waals surface area contributed by atoms with E-state index in [9.17, 15) is 4.79 Å². The number of nitrogens with one attached hydrogen (secondary N) is 1. The van der Waals surface area contributed by atoms with Gasteiger partial charge in [0.25, 0.3) is 5.56 Å². The van der Waals surface area contributed by atoms with Crippen LogP contribution in [-0.4, -0.2) is 48.4 Å². The Morgan fingerprint density at radius 2 is 2.12 bits per heavy atom. The van der Waals surface area contributed by atoms with Crippen molar-refractivity contribution in [2.45, 2.75) is 56.9 Å². The lowest BCUT2D eigenvalue weighted by molar-refractivity contribution is -0.0947. The Morgan fingerprint density at radius 3 is 2.88 bits per heavy atom. The number of likely N-dealkylation sites (tertiary alicyclic amines) is 1. The van der Waals surface area contributed by atoms with E-state index in [1.54, 1.807) is 7.11 Å². The molecule has 2 aromatic rings. The van der Waals surface area contributed by atoms with Gasteiger partial charge in [0, 0.05) is 44.4 Å². The number of ether oxygens (including phenoxy) is 2. The Kier molecular flexibility index (Phi) is 4.63. The third-order valence-corrected chi connectivity index (χ3v) is 6.44. The van der Waals surface area contributed by atoms with Crippen LogP contribution < -0.4 is 5.56 Å². The van der Waals surface area contributed by atoms with Gasteiger partial charge in [-0.25, -0.2) is 0 Å². The molecule has 3 atom stereocenters. The smallest absolute Gasteiger partial charge is 0.252 e. The lowest BCUT2D eigenvalue weighted by Crippen LogP contribution is -2.51. The Balaban J connectivity index is 1.63. The monoisotopic (exact) mass is 356 g/mol. The molecule has 0 radical (unpaired) electrons. The fraction of sp³-hybridized carbons (Fsp3) is 0.571. The van der Waals surface area contributed by atoms with Gasteiger partial charge in [0.05, 0.1) is 11.7 Å². The largest absolute Gasteiger partial charge is 0.381 e. The molecule has 2 fully saturated rings. The molecule has 0 unspecified atom stereocenters. The van der Waals surface area contributed by atoms with E-state index >= 15 is 0 Å². The summed E-state index contributed by atoms with van der Waals surface area (Å²) in [7, 11) is 3.62. The zero-order chi connectivity index (χ0) is 18.3. The Bertz CT molecular complexity index is 862. The summed E-state index contributed by atoms with van der Waals surface area (Å²) < 4.78 is 11.6. The van der Waals surface area contributed by atoms with Crippen molar-refractivity contribution in [3.63, 3.8) is 0 Å². The quantitative estimate of drug-likeness (QED) is 0.915. The van der Waals surface area contributed by atoms with Gasteiger partial charge >= 0.3 is 0 Å². The number of pyridine rings is 1. The van der Waals surface area contributed by atoms with E-state index in [2.05, 4.69) is 22.9 Å². The van der Waals surface area contributed by atoms with E-state index in [-0.39, 0.29) is 17.3 Å². The third-order valence-electron chi connectivity index (χ3n) is 6.44. The van der Waals surface area contributed by atoms with Gasteiger partial charge in [0.15, 0.2) is 0 Å². The van der Waals surface area contributed by atoms with E-state index in [1.165, 1.54) is 5.56 Å². The summed E-state index contributed by atoms with van der Waals surface area (Å²) in [6.07, 6.45) is 4.34. The van der Waals surface area contributed by atoms with Crippen molar-refractivity contribution in [3.05, 3.63) is 45.7 Å². The average molecular weight is 356 g/mol. The van der Waals surface area contributed by atoms with Crippen LogP contribution >= 0.6 is 0 Å². The first-order chi connectivity index (χ1) is 12.5. The Hall–Kier alpha value is -1.69. The molecule has 1 aromatic heterocycles. The lowest BCUT2D eigenvalue weighted by Gasteiger charge is -2.43. The van der Waals surface area contributed by atoms with Crippen molar-refractivity contribution in [2.75, 3.05) is 20.8 Å². The molecule has 0 bridgehead atoms. The highest BCUT2D eigenvalue weighted by molar-refractivity contribution is 5.79. The van der Waals surface area contributed by atoms with Crippen LogP contribution in [0.4, 0.5) is 0 Å². The Morgan fingerprint density at radius 1 is 1.27 bits per heavy atom. The number of H-pyrrole nitrogens is 1. The highest BCUT2D eigenvalue weighted by Crippen LogP contribution is 2.43. The maximum Gasteiger partial charge on any atom is 0.252 e. The molecular weight excluding hydrogens is 328 g/mol. The van der Waals surface area contributed by atoms with Gasteiger partial charge in [-0.15, -0.1) is 0 Å². The number of hydrogen-bond acceptors (Lipinski definition) is 4. The number of aromatic nitrogens is 1. The molecular formula is C21H28N2O3. The van der Waals surface area contributed by atoms with E-state index in [1.807, 2.05) is 25.3 Å². The first kappa shape index (κ1) is 17.7. The van der Waals surface area contributed by atoms with Crippen molar-refractivity contribution >= 4 is 10.9 Å². The summed E-state index contributed by atoms with van der Waals surface area (Å²) >= 11 is 0. The normalized spacial score (nSPS) is 29.2. The molecule has 1 saturated heterocycles. The van der Waals surface area contributed by atoms with E-state index in [0.717, 1.165) is 48.7 Å². The molecule has 26 heavy (non-hydrogen) atoms. The number of nitrogens with zero attached hydrogens (tertiary/aromatic N) is 1. The fourth-order valence-corrected chi connectivity index (χ4v) is 4.87. The Labute approximate surface area is 154 Å². The second-order valence-corrected chi connectivity index (χ2v) is 7.85. The van der Waals surface area contributed by atoms with Gasteiger partial charge in [-0.1, -0.05) is 11.6 Å². The molecule has 2 heterocycles. The van der Waals surface area contributed by atoms with Gasteiger partial charge in [-0.3, -0.25) is 9.69 Å². The van der Waals surface area contributed by atoms with Crippen molar-refractivity contribution in [1.29, 1.82) is 0 Å². The van der Waals surface area contributed by atoms with Crippen LogP contribution in [0.15, 0.2) is 29.1 Å². The summed E-state index contributed by atoms with van der Waals surface area (Å²) in [5, 5.41) is 1.09. The van der Waals surface area contributed by atoms with Crippen molar-refractivity contribution in [3.8, 4) is 0 Å². The van der Waals surface area contributed by atoms with Crippen molar-refractivity contribution in [1.82, 2.24) is 9.88 Å². The highest BCUT2D eigenvalue weighted by Gasteiger charge is 2.51. The summed E-state index contributed by atoms with van der Waals surface area (Å²) in [6, 6.07) is 8.48. The highest BCUT2D eigenvalue weighted by atomic mass is 16.5. The first-order valence-electron chi connectivity index (χ1n) is 9.49. The molecule has 1 aromatic carbocycles. The average Bonchev–Trinajstić information content (AvgIpc) is 3.01. The number of hydrogen-bond donors (Lipinski definition) is 1. The SMILES string of the molecule is CO[C@@H]1CC[C@@]2(OC)CCN(Cc3cc4cc(C)ccc4[nH]c3=O)[C@H]2C1. The lowest BCUT2D eigenvalue weighted by atomic mass is 9.79. The van der Waals surface area contributed by atoms with Crippen LogP contribution in [0, 0.1) is 6.92 Å². The van der Waals surface area contributed by atoms with Gasteiger partial charge < -0.3 is 14.5 Å². The molecule has 2 aliphatic rings. The van der Waals surface area contributed by atoms with Crippen LogP contribution in [0.3, 0.4) is 0 Å².